The van der Waals surface area contributed by atoms with Crippen molar-refractivity contribution in [1.82, 2.24) is 10.2 Å². The van der Waals surface area contributed by atoms with Crippen molar-refractivity contribution in [3.63, 3.8) is 0 Å². The molecule has 1 aliphatic heterocycles. The van der Waals surface area contributed by atoms with Gasteiger partial charge < -0.3 is 5.32 Å². The number of hydrogen-bond donors (Lipinski definition) is 1. The van der Waals surface area contributed by atoms with Crippen molar-refractivity contribution in [3.05, 3.63) is 35.4 Å². The summed E-state index contributed by atoms with van der Waals surface area (Å²) in [4.78, 5) is 36.6. The highest BCUT2D eigenvalue weighted by Crippen LogP contribution is 2.14. The van der Waals surface area contributed by atoms with Gasteiger partial charge in [-0.3, -0.25) is 19.3 Å². The topological polar surface area (TPSA) is 66.5 Å². The number of rotatable bonds is 5. The molecule has 0 bridgehead atoms. The molecule has 5 heteroatoms. The summed E-state index contributed by atoms with van der Waals surface area (Å²) in [6.07, 6.45) is 1.45. The summed E-state index contributed by atoms with van der Waals surface area (Å²) in [5.41, 5.74) is 1.77. The maximum Gasteiger partial charge on any atom is 0.251 e. The van der Waals surface area contributed by atoms with Crippen LogP contribution >= 0.6 is 0 Å². The lowest BCUT2D eigenvalue weighted by Gasteiger charge is -2.24. The Morgan fingerprint density at radius 2 is 1.73 bits per heavy atom. The molecule has 1 aromatic rings. The minimum Gasteiger partial charge on any atom is -0.350 e. The molecule has 0 saturated carbocycles. The number of carbonyl (C=O) groups is 3. The Kier molecular flexibility index (Phi) is 5.31. The van der Waals surface area contributed by atoms with Crippen molar-refractivity contribution in [2.45, 2.75) is 39.0 Å². The maximum absolute atomic E-state index is 12.0. The molecular weight excluding hydrogens is 280 g/mol. The largest absolute Gasteiger partial charge is 0.350 e. The average molecular weight is 302 g/mol. The van der Waals surface area contributed by atoms with Gasteiger partial charge in [0, 0.05) is 31.5 Å². The molecule has 1 aliphatic rings. The van der Waals surface area contributed by atoms with Gasteiger partial charge in [0.25, 0.3) is 5.91 Å². The van der Waals surface area contributed by atoms with Gasteiger partial charge in [0.05, 0.1) is 0 Å². The van der Waals surface area contributed by atoms with E-state index in [1.807, 2.05) is 12.1 Å². The molecule has 1 aromatic carbocycles. The van der Waals surface area contributed by atoms with Gasteiger partial charge in [0.15, 0.2) is 0 Å². The van der Waals surface area contributed by atoms with E-state index < -0.39 is 0 Å². The summed E-state index contributed by atoms with van der Waals surface area (Å²) >= 11 is 0. The van der Waals surface area contributed by atoms with Crippen molar-refractivity contribution in [2.24, 2.45) is 0 Å². The number of nitrogens with one attached hydrogen (secondary N) is 1. The number of piperidine rings is 1. The number of benzene rings is 1. The molecule has 0 radical (unpaired) electrons. The summed E-state index contributed by atoms with van der Waals surface area (Å²) < 4.78 is 0. The Hall–Kier alpha value is -2.17. The maximum atomic E-state index is 12.0. The van der Waals surface area contributed by atoms with E-state index in [9.17, 15) is 14.4 Å². The molecule has 1 fully saturated rings. The van der Waals surface area contributed by atoms with Crippen LogP contribution in [0.1, 0.15) is 54.9 Å². The lowest BCUT2D eigenvalue weighted by atomic mass is 10.0. The van der Waals surface area contributed by atoms with Crippen LogP contribution in [0.3, 0.4) is 0 Å². The zero-order valence-electron chi connectivity index (χ0n) is 13.1. The predicted octanol–water partition coefficient (Wildman–Crippen LogP) is 2.08. The van der Waals surface area contributed by atoms with Crippen LogP contribution in [0.5, 0.6) is 0 Å². The zero-order chi connectivity index (χ0) is 16.1. The molecule has 22 heavy (non-hydrogen) atoms. The van der Waals surface area contributed by atoms with E-state index >= 15 is 0 Å². The van der Waals surface area contributed by atoms with Gasteiger partial charge >= 0.3 is 0 Å². The molecule has 118 valence electrons. The third-order valence-electron chi connectivity index (χ3n) is 3.84. The fourth-order valence-corrected chi connectivity index (χ4v) is 2.45. The molecule has 1 N–H and O–H groups in total. The molecule has 0 atom stereocenters. The lowest BCUT2D eigenvalue weighted by Crippen LogP contribution is -2.44. The fraction of sp³-hybridized carbons (Fsp3) is 0.471. The first-order chi connectivity index (χ1) is 10.5. The number of hydrogen-bond acceptors (Lipinski definition) is 3. The standard InChI is InChI=1S/C17H22N2O3/c1-12(2)13-6-8-14(9-7-13)17(22)18-10-11-19-15(20)4-3-5-16(19)21/h6-9,12H,3-5,10-11H2,1-2H3,(H,18,22). The monoisotopic (exact) mass is 302 g/mol. The number of likely N-dealkylation sites (tertiary alicyclic amines) is 1. The van der Waals surface area contributed by atoms with Gasteiger partial charge in [-0.2, -0.15) is 0 Å². The van der Waals surface area contributed by atoms with E-state index in [1.165, 1.54) is 10.5 Å². The minimum absolute atomic E-state index is 0.146. The van der Waals surface area contributed by atoms with Crippen LogP contribution in [-0.4, -0.2) is 35.7 Å². The molecule has 1 heterocycles. The number of nitrogens with zero attached hydrogens (tertiary/aromatic N) is 1. The van der Waals surface area contributed by atoms with Gasteiger partial charge in [-0.25, -0.2) is 0 Å². The molecule has 0 aliphatic carbocycles. The smallest absolute Gasteiger partial charge is 0.251 e. The summed E-state index contributed by atoms with van der Waals surface area (Å²) in [6.45, 7) is 4.72. The van der Waals surface area contributed by atoms with E-state index in [4.69, 9.17) is 0 Å². The van der Waals surface area contributed by atoms with Crippen LogP contribution in [0.2, 0.25) is 0 Å². The van der Waals surface area contributed by atoms with Gasteiger partial charge in [-0.1, -0.05) is 26.0 Å². The normalized spacial score (nSPS) is 15.3. The van der Waals surface area contributed by atoms with Crippen molar-refractivity contribution in [3.8, 4) is 0 Å². The molecule has 3 amide bonds. The van der Waals surface area contributed by atoms with Crippen LogP contribution in [0.15, 0.2) is 24.3 Å². The van der Waals surface area contributed by atoms with Crippen molar-refractivity contribution >= 4 is 17.7 Å². The molecule has 0 aromatic heterocycles. The second-order valence-corrected chi connectivity index (χ2v) is 5.83. The van der Waals surface area contributed by atoms with E-state index in [2.05, 4.69) is 19.2 Å². The van der Waals surface area contributed by atoms with Crippen LogP contribution in [0, 0.1) is 0 Å². The summed E-state index contributed by atoms with van der Waals surface area (Å²) in [6, 6.07) is 7.47. The number of imide groups is 1. The highest BCUT2D eigenvalue weighted by Gasteiger charge is 2.25. The first-order valence-electron chi connectivity index (χ1n) is 7.70. The predicted molar refractivity (Wildman–Crippen MR) is 83.4 cm³/mol. The Morgan fingerprint density at radius 3 is 2.27 bits per heavy atom. The highest BCUT2D eigenvalue weighted by atomic mass is 16.2. The minimum atomic E-state index is -0.188. The van der Waals surface area contributed by atoms with Crippen molar-refractivity contribution in [2.75, 3.05) is 13.1 Å². The van der Waals surface area contributed by atoms with Crippen LogP contribution < -0.4 is 5.32 Å². The molecule has 0 unspecified atom stereocenters. The fourth-order valence-electron chi connectivity index (χ4n) is 2.45. The van der Waals surface area contributed by atoms with Crippen LogP contribution in [-0.2, 0) is 9.59 Å². The van der Waals surface area contributed by atoms with Crippen molar-refractivity contribution < 1.29 is 14.4 Å². The zero-order valence-corrected chi connectivity index (χ0v) is 13.1. The lowest BCUT2D eigenvalue weighted by molar-refractivity contribution is -0.147. The summed E-state index contributed by atoms with van der Waals surface area (Å²) in [5.74, 6) is -0.0565. The molecular formula is C17H22N2O3. The van der Waals surface area contributed by atoms with E-state index in [1.54, 1.807) is 12.1 Å². The Balaban J connectivity index is 1.84. The first kappa shape index (κ1) is 16.2. The second kappa shape index (κ2) is 7.20. The molecule has 5 nitrogen and oxygen atoms in total. The Labute approximate surface area is 130 Å². The second-order valence-electron chi connectivity index (χ2n) is 5.83. The quantitative estimate of drug-likeness (QED) is 0.847. The number of amides is 3. The van der Waals surface area contributed by atoms with E-state index in [0.717, 1.165) is 0 Å². The van der Waals surface area contributed by atoms with E-state index in [0.29, 0.717) is 30.7 Å². The number of carbonyl (C=O) groups excluding carboxylic acids is 3. The highest BCUT2D eigenvalue weighted by molar-refractivity contribution is 5.97. The first-order valence-corrected chi connectivity index (χ1v) is 7.70. The van der Waals surface area contributed by atoms with Gasteiger partial charge in [0.2, 0.25) is 11.8 Å². The molecule has 1 saturated heterocycles. The third kappa shape index (κ3) is 3.93. The van der Waals surface area contributed by atoms with Crippen LogP contribution in [0.4, 0.5) is 0 Å². The van der Waals surface area contributed by atoms with Crippen LogP contribution in [0.25, 0.3) is 0 Å². The molecule has 2 rings (SSSR count). The summed E-state index contributed by atoms with van der Waals surface area (Å²) in [7, 11) is 0. The SMILES string of the molecule is CC(C)c1ccc(C(=O)NCCN2C(=O)CCCC2=O)cc1. The Morgan fingerprint density at radius 1 is 1.14 bits per heavy atom. The third-order valence-corrected chi connectivity index (χ3v) is 3.84. The summed E-state index contributed by atoms with van der Waals surface area (Å²) in [5, 5.41) is 2.75. The van der Waals surface area contributed by atoms with Gasteiger partial charge in [0.1, 0.15) is 0 Å². The Bertz CT molecular complexity index is 548. The molecule has 0 spiro atoms. The van der Waals surface area contributed by atoms with Gasteiger partial charge in [-0.15, -0.1) is 0 Å². The van der Waals surface area contributed by atoms with Crippen molar-refractivity contribution in [1.29, 1.82) is 0 Å². The van der Waals surface area contributed by atoms with Gasteiger partial charge in [-0.05, 0) is 30.0 Å². The van der Waals surface area contributed by atoms with E-state index in [-0.39, 0.29) is 30.8 Å². The average Bonchev–Trinajstić information content (AvgIpc) is 2.50.